The van der Waals surface area contributed by atoms with E-state index in [1.807, 2.05) is 6.92 Å². The molecule has 0 aliphatic carbocycles. The fraction of sp³-hybridized carbons (Fsp3) is 0.234. The summed E-state index contributed by atoms with van der Waals surface area (Å²) in [5.74, 6) is 2.47. The molecular weight excluding hydrogens is 645 g/mol. The predicted molar refractivity (Wildman–Crippen MR) is 209 cm³/mol. The van der Waals surface area contributed by atoms with Gasteiger partial charge in [0, 0.05) is 5.56 Å². The average Bonchev–Trinajstić information content (AvgIpc) is 3.15. The summed E-state index contributed by atoms with van der Waals surface area (Å²) in [6, 6.07) is 41.7. The van der Waals surface area contributed by atoms with E-state index in [2.05, 4.69) is 156 Å². The largest absolute Gasteiger partial charge is 0.484 e. The van der Waals surface area contributed by atoms with Crippen molar-refractivity contribution in [1.82, 2.24) is 0 Å². The molecule has 0 aliphatic rings. The van der Waals surface area contributed by atoms with Crippen molar-refractivity contribution in [2.24, 2.45) is 0 Å². The van der Waals surface area contributed by atoms with Gasteiger partial charge in [-0.2, -0.15) is 0 Å². The Hall–Kier alpha value is -5.68. The van der Waals surface area contributed by atoms with E-state index in [1.54, 1.807) is 0 Å². The van der Waals surface area contributed by atoms with Gasteiger partial charge >= 0.3 is 0 Å². The Labute approximate surface area is 308 Å². The van der Waals surface area contributed by atoms with Gasteiger partial charge in [0.05, 0.1) is 0 Å². The molecule has 0 bridgehead atoms. The highest BCUT2D eigenvalue weighted by atomic mass is 16.6. The highest BCUT2D eigenvalue weighted by Crippen LogP contribution is 2.54. The lowest BCUT2D eigenvalue weighted by Gasteiger charge is -2.25. The lowest BCUT2D eigenvalue weighted by Crippen LogP contribution is -2.10. The van der Waals surface area contributed by atoms with Crippen LogP contribution in [-0.2, 0) is 33.0 Å². The Morgan fingerprint density at radius 3 is 0.635 bits per heavy atom. The van der Waals surface area contributed by atoms with E-state index >= 15 is 0 Å². The fourth-order valence-electron chi connectivity index (χ4n) is 5.69. The van der Waals surface area contributed by atoms with Crippen molar-refractivity contribution in [3.8, 4) is 28.7 Å². The van der Waals surface area contributed by atoms with Crippen LogP contribution in [0.25, 0.3) is 0 Å². The molecule has 6 aromatic rings. The third-order valence-corrected chi connectivity index (χ3v) is 9.02. The van der Waals surface area contributed by atoms with E-state index in [0.717, 1.165) is 33.4 Å². The van der Waals surface area contributed by atoms with Crippen LogP contribution >= 0.6 is 0 Å². The van der Waals surface area contributed by atoms with Crippen LogP contribution in [0, 0.1) is 41.5 Å². The molecule has 0 radical (unpaired) electrons. The maximum Gasteiger partial charge on any atom is 0.211 e. The average molecular weight is 693 g/mol. The molecule has 0 fully saturated rings. The normalized spacial score (nSPS) is 10.9. The van der Waals surface area contributed by atoms with Gasteiger partial charge < -0.3 is 23.7 Å². The summed E-state index contributed by atoms with van der Waals surface area (Å²) in [7, 11) is 0. The van der Waals surface area contributed by atoms with Crippen LogP contribution in [0.1, 0.15) is 61.2 Å². The fourth-order valence-corrected chi connectivity index (χ4v) is 5.69. The Balaban J connectivity index is 1.48. The summed E-state index contributed by atoms with van der Waals surface area (Å²) in [4.78, 5) is 0. The molecule has 0 saturated carbocycles. The predicted octanol–water partition coefficient (Wildman–Crippen LogP) is 11.4. The van der Waals surface area contributed by atoms with Crippen LogP contribution < -0.4 is 23.7 Å². The van der Waals surface area contributed by atoms with Gasteiger partial charge in [0.2, 0.25) is 17.2 Å². The molecule has 0 heterocycles. The highest BCUT2D eigenvalue weighted by Gasteiger charge is 2.29. The quantitative estimate of drug-likeness (QED) is 0.107. The Morgan fingerprint density at radius 1 is 0.250 bits per heavy atom. The zero-order valence-electron chi connectivity index (χ0n) is 31.1. The first-order chi connectivity index (χ1) is 25.2. The molecule has 6 rings (SSSR count). The van der Waals surface area contributed by atoms with Gasteiger partial charge in [-0.1, -0.05) is 149 Å². The van der Waals surface area contributed by atoms with Crippen molar-refractivity contribution >= 4 is 0 Å². The minimum atomic E-state index is 0.292. The number of aryl methyl sites for hydroxylation is 5. The van der Waals surface area contributed by atoms with Crippen molar-refractivity contribution in [3.63, 3.8) is 0 Å². The molecular formula is C47H48O5. The summed E-state index contributed by atoms with van der Waals surface area (Å²) in [5.41, 5.74) is 11.9. The number of hydrogen-bond acceptors (Lipinski definition) is 5. The van der Waals surface area contributed by atoms with Gasteiger partial charge in [-0.05, 0) is 69.4 Å². The monoisotopic (exact) mass is 692 g/mol. The first-order valence-corrected chi connectivity index (χ1v) is 17.8. The lowest BCUT2D eigenvalue weighted by molar-refractivity contribution is 0.199. The van der Waals surface area contributed by atoms with E-state index in [4.69, 9.17) is 23.7 Å². The molecule has 266 valence electrons. The summed E-state index contributed by atoms with van der Waals surface area (Å²) in [6.45, 7) is 14.0. The van der Waals surface area contributed by atoms with Crippen LogP contribution in [0.2, 0.25) is 0 Å². The van der Waals surface area contributed by atoms with Crippen molar-refractivity contribution in [1.29, 1.82) is 0 Å². The molecule has 5 nitrogen and oxygen atoms in total. The van der Waals surface area contributed by atoms with Gasteiger partial charge in [0.1, 0.15) is 33.0 Å². The second kappa shape index (κ2) is 17.0. The molecule has 0 unspecified atom stereocenters. The number of ether oxygens (including phenoxy) is 5. The zero-order valence-corrected chi connectivity index (χ0v) is 31.1. The number of benzene rings is 6. The van der Waals surface area contributed by atoms with Gasteiger partial charge in [0.25, 0.3) is 0 Å². The molecule has 0 aromatic heterocycles. The van der Waals surface area contributed by atoms with Crippen LogP contribution in [0.3, 0.4) is 0 Å². The smallest absolute Gasteiger partial charge is 0.211 e. The van der Waals surface area contributed by atoms with E-state index in [1.165, 1.54) is 27.8 Å². The molecule has 0 amide bonds. The van der Waals surface area contributed by atoms with Crippen molar-refractivity contribution in [2.45, 2.75) is 74.6 Å². The van der Waals surface area contributed by atoms with Crippen LogP contribution in [0.15, 0.2) is 121 Å². The third-order valence-electron chi connectivity index (χ3n) is 9.02. The van der Waals surface area contributed by atoms with Crippen LogP contribution in [-0.4, -0.2) is 0 Å². The van der Waals surface area contributed by atoms with Crippen LogP contribution in [0.5, 0.6) is 28.7 Å². The molecule has 0 aliphatic heterocycles. The van der Waals surface area contributed by atoms with Gasteiger partial charge in [-0.25, -0.2) is 0 Å². The SMILES string of the molecule is Cc1ccc(COc2c(C)c(OCc3ccc(C)cc3)c(OCc3ccc(C)cc3)c(OCc3ccc(C)cc3)c2OCc2ccc(C)cc2)cc1. The maximum atomic E-state index is 6.77. The van der Waals surface area contributed by atoms with E-state index in [9.17, 15) is 0 Å². The lowest BCUT2D eigenvalue weighted by atomic mass is 10.1. The maximum absolute atomic E-state index is 6.77. The van der Waals surface area contributed by atoms with Crippen molar-refractivity contribution in [3.05, 3.63) is 183 Å². The summed E-state index contributed by atoms with van der Waals surface area (Å²) in [5, 5.41) is 0. The molecule has 0 N–H and O–H groups in total. The molecule has 0 atom stereocenters. The number of rotatable bonds is 15. The summed E-state index contributed by atoms with van der Waals surface area (Å²) < 4.78 is 33.7. The Bertz CT molecular complexity index is 1920. The molecule has 0 spiro atoms. The first kappa shape index (κ1) is 36.1. The molecule has 5 heteroatoms. The Kier molecular flexibility index (Phi) is 11.8. The van der Waals surface area contributed by atoms with Gasteiger partial charge in [-0.15, -0.1) is 0 Å². The third kappa shape index (κ3) is 9.55. The van der Waals surface area contributed by atoms with Crippen molar-refractivity contribution in [2.75, 3.05) is 0 Å². The van der Waals surface area contributed by atoms with Gasteiger partial charge in [0.15, 0.2) is 11.5 Å². The first-order valence-electron chi connectivity index (χ1n) is 17.8. The van der Waals surface area contributed by atoms with Gasteiger partial charge in [-0.3, -0.25) is 0 Å². The summed E-state index contributed by atoms with van der Waals surface area (Å²) in [6.07, 6.45) is 0. The second-order valence-electron chi connectivity index (χ2n) is 13.6. The molecule has 6 aromatic carbocycles. The van der Waals surface area contributed by atoms with Crippen molar-refractivity contribution < 1.29 is 23.7 Å². The molecule has 0 saturated heterocycles. The second-order valence-corrected chi connectivity index (χ2v) is 13.6. The minimum Gasteiger partial charge on any atom is -0.484 e. The van der Waals surface area contributed by atoms with E-state index in [-0.39, 0.29) is 0 Å². The highest BCUT2D eigenvalue weighted by molar-refractivity contribution is 5.70. The summed E-state index contributed by atoms with van der Waals surface area (Å²) >= 11 is 0. The molecule has 52 heavy (non-hydrogen) atoms. The topological polar surface area (TPSA) is 46.2 Å². The Morgan fingerprint density at radius 2 is 0.423 bits per heavy atom. The zero-order chi connectivity index (χ0) is 36.5. The number of hydrogen-bond donors (Lipinski definition) is 0. The van der Waals surface area contributed by atoms with E-state index in [0.29, 0.717) is 61.8 Å². The van der Waals surface area contributed by atoms with E-state index < -0.39 is 0 Å². The minimum absolute atomic E-state index is 0.292. The van der Waals surface area contributed by atoms with Crippen LogP contribution in [0.4, 0.5) is 0 Å². The standard InChI is InChI=1S/C47H48O5/c1-32-7-17-38(18-8-32)27-48-43-37(6)44(49-28-39-19-9-33(2)10-20-39)46(51-30-41-23-13-35(4)14-24-41)47(52-31-42-25-15-36(5)16-26-42)45(43)50-29-40-21-11-34(3)12-22-40/h7-26H,27-31H2,1-6H3.